The maximum atomic E-state index is 12.3. The Balaban J connectivity index is 1.58. The third kappa shape index (κ3) is 5.52. The Morgan fingerprint density at radius 2 is 1.93 bits per heavy atom. The molecular formula is C21H21N5O4. The molecule has 0 aliphatic rings. The molecule has 6 N–H and O–H groups in total. The number of aliphatic carboxylic acids is 1. The van der Waals surface area contributed by atoms with E-state index in [0.29, 0.717) is 5.56 Å². The molecule has 0 saturated carbocycles. The van der Waals surface area contributed by atoms with Crippen molar-refractivity contribution in [3.05, 3.63) is 77.9 Å². The fraction of sp³-hybridized carbons (Fsp3) is 0.143. The fourth-order valence-electron chi connectivity index (χ4n) is 2.72. The topological polar surface area (TPSA) is 157 Å². The summed E-state index contributed by atoms with van der Waals surface area (Å²) in [5, 5.41) is 11.4. The number of carboxylic acid groups (broad SMARTS) is 1. The van der Waals surface area contributed by atoms with Gasteiger partial charge in [0.05, 0.1) is 6.54 Å². The van der Waals surface area contributed by atoms with E-state index in [0.717, 1.165) is 22.4 Å². The lowest BCUT2D eigenvalue weighted by molar-refractivity contribution is -0.138. The lowest BCUT2D eigenvalue weighted by Gasteiger charge is -2.08. The molecular weight excluding hydrogens is 386 g/mol. The van der Waals surface area contributed by atoms with Gasteiger partial charge >= 0.3 is 5.97 Å². The Morgan fingerprint density at radius 1 is 1.17 bits per heavy atom. The van der Waals surface area contributed by atoms with Gasteiger partial charge in [-0.05, 0) is 35.7 Å². The summed E-state index contributed by atoms with van der Waals surface area (Å²) < 4.78 is 4.99. The second kappa shape index (κ2) is 9.48. The first-order valence-corrected chi connectivity index (χ1v) is 9.08. The molecule has 0 aliphatic carbocycles. The fourth-order valence-corrected chi connectivity index (χ4v) is 2.72. The molecule has 9 nitrogen and oxygen atoms in total. The second-order valence-corrected chi connectivity index (χ2v) is 6.58. The van der Waals surface area contributed by atoms with Crippen LogP contribution < -0.4 is 16.8 Å². The summed E-state index contributed by atoms with van der Waals surface area (Å²) in [6.45, 7) is 0.282. The molecule has 9 heteroatoms. The van der Waals surface area contributed by atoms with Crippen molar-refractivity contribution in [3.63, 3.8) is 0 Å². The smallest absolute Gasteiger partial charge is 0.320 e. The SMILES string of the molecule is NC(=NCc1cccc(-c2cocn2)c1)NC(=O)c1ccc(C[C@H](N)C(=O)O)cc1. The molecule has 0 aliphatic heterocycles. The van der Waals surface area contributed by atoms with Crippen molar-refractivity contribution in [1.29, 1.82) is 0 Å². The summed E-state index contributed by atoms with van der Waals surface area (Å²) in [5.74, 6) is -1.50. The predicted molar refractivity (Wildman–Crippen MR) is 110 cm³/mol. The Bertz CT molecular complexity index is 1050. The molecule has 0 radical (unpaired) electrons. The van der Waals surface area contributed by atoms with Gasteiger partial charge in [0.25, 0.3) is 5.91 Å². The number of benzene rings is 2. The van der Waals surface area contributed by atoms with Crippen LogP contribution in [0, 0.1) is 0 Å². The molecule has 1 aromatic heterocycles. The van der Waals surface area contributed by atoms with Crippen LogP contribution in [-0.2, 0) is 17.8 Å². The van der Waals surface area contributed by atoms with Gasteiger partial charge in [0, 0.05) is 11.1 Å². The third-order valence-corrected chi connectivity index (χ3v) is 4.32. The zero-order chi connectivity index (χ0) is 21.5. The number of nitrogens with two attached hydrogens (primary N) is 2. The average molecular weight is 407 g/mol. The highest BCUT2D eigenvalue weighted by molar-refractivity contribution is 6.05. The van der Waals surface area contributed by atoms with Gasteiger partial charge in [0.15, 0.2) is 12.4 Å². The summed E-state index contributed by atoms with van der Waals surface area (Å²) in [4.78, 5) is 31.4. The molecule has 1 amide bonds. The molecule has 0 saturated heterocycles. The molecule has 154 valence electrons. The number of rotatable bonds is 7. The lowest BCUT2D eigenvalue weighted by atomic mass is 10.0. The van der Waals surface area contributed by atoms with E-state index in [1.165, 1.54) is 6.39 Å². The summed E-state index contributed by atoms with van der Waals surface area (Å²) in [5.41, 5.74) is 14.9. The van der Waals surface area contributed by atoms with E-state index in [1.54, 1.807) is 30.5 Å². The molecule has 3 aromatic rings. The van der Waals surface area contributed by atoms with Crippen LogP contribution in [-0.4, -0.2) is 34.0 Å². The van der Waals surface area contributed by atoms with Crippen molar-refractivity contribution in [2.24, 2.45) is 16.5 Å². The van der Waals surface area contributed by atoms with E-state index in [-0.39, 0.29) is 18.9 Å². The molecule has 1 heterocycles. The van der Waals surface area contributed by atoms with E-state index < -0.39 is 17.9 Å². The van der Waals surface area contributed by atoms with Gasteiger partial charge in [-0.3, -0.25) is 14.9 Å². The Morgan fingerprint density at radius 3 is 2.60 bits per heavy atom. The number of aromatic nitrogens is 1. The molecule has 30 heavy (non-hydrogen) atoms. The molecule has 0 spiro atoms. The highest BCUT2D eigenvalue weighted by atomic mass is 16.4. The minimum Gasteiger partial charge on any atom is -0.480 e. The van der Waals surface area contributed by atoms with E-state index in [9.17, 15) is 9.59 Å². The largest absolute Gasteiger partial charge is 0.480 e. The maximum absolute atomic E-state index is 12.3. The monoisotopic (exact) mass is 407 g/mol. The van der Waals surface area contributed by atoms with Gasteiger partial charge in [0.2, 0.25) is 0 Å². The third-order valence-electron chi connectivity index (χ3n) is 4.32. The highest BCUT2D eigenvalue weighted by Crippen LogP contribution is 2.18. The van der Waals surface area contributed by atoms with Crippen molar-refractivity contribution in [2.45, 2.75) is 19.0 Å². The zero-order valence-electron chi connectivity index (χ0n) is 16.0. The first-order valence-electron chi connectivity index (χ1n) is 9.08. The summed E-state index contributed by atoms with van der Waals surface area (Å²) >= 11 is 0. The number of carboxylic acids is 1. The number of guanidine groups is 1. The number of aliphatic imine (C=N–C) groups is 1. The van der Waals surface area contributed by atoms with Crippen molar-refractivity contribution >= 4 is 17.8 Å². The van der Waals surface area contributed by atoms with Crippen LogP contribution in [0.4, 0.5) is 0 Å². The Kier molecular flexibility index (Phi) is 6.56. The van der Waals surface area contributed by atoms with Crippen LogP contribution in [0.25, 0.3) is 11.3 Å². The molecule has 3 rings (SSSR count). The predicted octanol–water partition coefficient (Wildman–Crippen LogP) is 1.54. The normalized spacial score (nSPS) is 12.4. The van der Waals surface area contributed by atoms with Crippen LogP contribution in [0.3, 0.4) is 0 Å². The Labute approximate surface area is 172 Å². The zero-order valence-corrected chi connectivity index (χ0v) is 16.0. The maximum Gasteiger partial charge on any atom is 0.320 e. The van der Waals surface area contributed by atoms with E-state index >= 15 is 0 Å². The molecule has 2 aromatic carbocycles. The number of amides is 1. The standard InChI is InChI=1S/C21H21N5O4/c22-17(20(28)29)9-13-4-6-15(7-5-13)19(27)26-21(23)24-10-14-2-1-3-16(8-14)18-11-30-12-25-18/h1-8,11-12,17H,9-10,22H2,(H,28,29)(H3,23,24,26,27)/t17-/m0/s1. The van der Waals surface area contributed by atoms with Gasteiger partial charge < -0.3 is 21.0 Å². The minimum atomic E-state index is -1.08. The minimum absolute atomic E-state index is 0.0104. The van der Waals surface area contributed by atoms with Crippen LogP contribution in [0.1, 0.15) is 21.5 Å². The number of hydrogen-bond acceptors (Lipinski definition) is 6. The van der Waals surface area contributed by atoms with Crippen molar-refractivity contribution < 1.29 is 19.1 Å². The number of nitrogens with one attached hydrogen (secondary N) is 1. The highest BCUT2D eigenvalue weighted by Gasteiger charge is 2.13. The van der Waals surface area contributed by atoms with Gasteiger partial charge in [-0.15, -0.1) is 0 Å². The summed E-state index contributed by atoms with van der Waals surface area (Å²) in [7, 11) is 0. The summed E-state index contributed by atoms with van der Waals surface area (Å²) in [6.07, 6.45) is 3.09. The van der Waals surface area contributed by atoms with E-state index in [4.69, 9.17) is 21.0 Å². The van der Waals surface area contributed by atoms with Crippen molar-refractivity contribution in [1.82, 2.24) is 10.3 Å². The van der Waals surface area contributed by atoms with E-state index in [1.807, 2.05) is 24.3 Å². The van der Waals surface area contributed by atoms with Crippen molar-refractivity contribution in [3.8, 4) is 11.3 Å². The van der Waals surface area contributed by atoms with Crippen LogP contribution in [0.2, 0.25) is 0 Å². The first kappa shape index (κ1) is 20.7. The number of carbonyl (C=O) groups is 2. The first-order chi connectivity index (χ1) is 14.4. The van der Waals surface area contributed by atoms with E-state index in [2.05, 4.69) is 15.3 Å². The van der Waals surface area contributed by atoms with Gasteiger partial charge in [-0.25, -0.2) is 9.98 Å². The van der Waals surface area contributed by atoms with Crippen molar-refractivity contribution in [2.75, 3.05) is 0 Å². The second-order valence-electron chi connectivity index (χ2n) is 6.58. The molecule has 0 fully saturated rings. The van der Waals surface area contributed by atoms with Crippen LogP contribution >= 0.6 is 0 Å². The molecule has 0 bridgehead atoms. The quantitative estimate of drug-likeness (QED) is 0.342. The van der Waals surface area contributed by atoms with Crippen LogP contribution in [0.5, 0.6) is 0 Å². The van der Waals surface area contributed by atoms with Gasteiger partial charge in [-0.1, -0.05) is 30.3 Å². The number of carbonyl (C=O) groups excluding carboxylic acids is 1. The number of hydrogen-bond donors (Lipinski definition) is 4. The van der Waals surface area contributed by atoms with Gasteiger partial charge in [0.1, 0.15) is 18.0 Å². The van der Waals surface area contributed by atoms with Crippen LogP contribution in [0.15, 0.2) is 70.6 Å². The van der Waals surface area contributed by atoms with Gasteiger partial charge in [-0.2, -0.15) is 0 Å². The Hall–Kier alpha value is -3.98. The molecule has 0 unspecified atom stereocenters. The molecule has 1 atom stereocenters. The average Bonchev–Trinajstić information content (AvgIpc) is 3.28. The lowest BCUT2D eigenvalue weighted by Crippen LogP contribution is -2.36. The number of oxazole rings is 1. The number of nitrogens with zero attached hydrogens (tertiary/aromatic N) is 2. The summed E-state index contributed by atoms with van der Waals surface area (Å²) in [6, 6.07) is 13.1.